The summed E-state index contributed by atoms with van der Waals surface area (Å²) in [6.07, 6.45) is -2.77. The molecule has 9 nitrogen and oxygen atoms in total. The summed E-state index contributed by atoms with van der Waals surface area (Å²) in [6, 6.07) is 11.1. The first-order valence-corrected chi connectivity index (χ1v) is 14.4. The van der Waals surface area contributed by atoms with Crippen LogP contribution in [0, 0.1) is 11.7 Å². The van der Waals surface area contributed by atoms with Gasteiger partial charge in [-0.05, 0) is 48.1 Å². The SMILES string of the molecule is CC(C)C[C@H](NC(=O)c1cc2ccccc2s1)C(=O)NC[C@@H](O)[C@H](O)CNS(=O)(=O)c1ccc(F)cc1Cl. The maximum Gasteiger partial charge on any atom is 0.262 e. The number of carbonyl (C=O) groups excluding carboxylic acids is 2. The standard InChI is InChI=1S/C25H29ClFN3O6S2/c1-14(2)9-18(30-25(34)22-10-15-5-3-4-6-21(15)37-22)24(33)28-12-19(31)20(32)13-29-38(35,36)23-8-7-16(27)11-17(23)26/h3-8,10-11,14,18-20,29,31-32H,9,12-13H2,1-2H3,(H,28,33)(H,30,34)/t18-,19+,20+/m0/s1. The summed E-state index contributed by atoms with van der Waals surface area (Å²) < 4.78 is 41.1. The Balaban J connectivity index is 1.56. The molecule has 0 aliphatic rings. The highest BCUT2D eigenvalue weighted by Crippen LogP contribution is 2.25. The fourth-order valence-corrected chi connectivity index (χ4v) is 6.14. The lowest BCUT2D eigenvalue weighted by atomic mass is 10.0. The van der Waals surface area contributed by atoms with Crippen LogP contribution in [0.5, 0.6) is 0 Å². The Labute approximate surface area is 229 Å². The van der Waals surface area contributed by atoms with Gasteiger partial charge in [0.05, 0.1) is 22.1 Å². The number of benzene rings is 2. The van der Waals surface area contributed by atoms with E-state index in [1.165, 1.54) is 11.3 Å². The van der Waals surface area contributed by atoms with Crippen molar-refractivity contribution in [3.05, 3.63) is 64.2 Å². The van der Waals surface area contributed by atoms with Crippen LogP contribution in [-0.2, 0) is 14.8 Å². The van der Waals surface area contributed by atoms with Crippen molar-refractivity contribution in [1.82, 2.24) is 15.4 Å². The highest BCUT2D eigenvalue weighted by atomic mass is 35.5. The fraction of sp³-hybridized carbons (Fsp3) is 0.360. The van der Waals surface area contributed by atoms with Gasteiger partial charge in [0.1, 0.15) is 16.8 Å². The van der Waals surface area contributed by atoms with E-state index in [9.17, 15) is 32.6 Å². The summed E-state index contributed by atoms with van der Waals surface area (Å²) in [6.45, 7) is 2.80. The van der Waals surface area contributed by atoms with E-state index in [-0.39, 0.29) is 15.8 Å². The number of carbonyl (C=O) groups is 2. The molecule has 0 unspecified atom stereocenters. The minimum atomic E-state index is -4.20. The fourth-order valence-electron chi connectivity index (χ4n) is 3.59. The van der Waals surface area contributed by atoms with Crippen molar-refractivity contribution in [3.63, 3.8) is 0 Å². The molecule has 0 saturated carbocycles. The molecule has 3 rings (SSSR count). The number of aliphatic hydroxyl groups excluding tert-OH is 2. The lowest BCUT2D eigenvalue weighted by Crippen LogP contribution is -2.51. The first-order chi connectivity index (χ1) is 17.9. The van der Waals surface area contributed by atoms with E-state index in [0.717, 1.165) is 28.3 Å². The molecule has 1 aromatic heterocycles. The molecule has 0 aliphatic heterocycles. The Kier molecular flexibility index (Phi) is 10.2. The van der Waals surface area contributed by atoms with Crippen molar-refractivity contribution < 1.29 is 32.6 Å². The van der Waals surface area contributed by atoms with Crippen molar-refractivity contribution in [3.8, 4) is 0 Å². The van der Waals surface area contributed by atoms with Gasteiger partial charge in [0.15, 0.2) is 0 Å². The summed E-state index contributed by atoms with van der Waals surface area (Å²) in [5.41, 5.74) is 0. The van der Waals surface area contributed by atoms with Crippen molar-refractivity contribution in [2.75, 3.05) is 13.1 Å². The lowest BCUT2D eigenvalue weighted by molar-refractivity contribution is -0.124. The molecule has 5 N–H and O–H groups in total. The zero-order valence-electron chi connectivity index (χ0n) is 20.6. The summed E-state index contributed by atoms with van der Waals surface area (Å²) >= 11 is 7.10. The summed E-state index contributed by atoms with van der Waals surface area (Å²) in [5, 5.41) is 26.3. The Morgan fingerprint density at radius 3 is 2.39 bits per heavy atom. The zero-order chi connectivity index (χ0) is 28.0. The van der Waals surface area contributed by atoms with E-state index in [1.54, 1.807) is 6.07 Å². The van der Waals surface area contributed by atoms with Crippen molar-refractivity contribution >= 4 is 54.9 Å². The predicted octanol–water partition coefficient (Wildman–Crippen LogP) is 2.65. The Hall–Kier alpha value is -2.61. The second-order valence-electron chi connectivity index (χ2n) is 9.11. The van der Waals surface area contributed by atoms with Gasteiger partial charge < -0.3 is 20.8 Å². The maximum atomic E-state index is 13.2. The number of sulfonamides is 1. The molecule has 3 aromatic rings. The molecule has 0 bridgehead atoms. The molecule has 1 heterocycles. The Morgan fingerprint density at radius 2 is 1.74 bits per heavy atom. The van der Waals surface area contributed by atoms with E-state index >= 15 is 0 Å². The van der Waals surface area contributed by atoms with Crippen LogP contribution < -0.4 is 15.4 Å². The third-order valence-electron chi connectivity index (χ3n) is 5.57. The van der Waals surface area contributed by atoms with E-state index in [0.29, 0.717) is 11.3 Å². The minimum Gasteiger partial charge on any atom is -0.389 e. The normalized spacial score (nSPS) is 14.3. The molecule has 2 amide bonds. The number of aliphatic hydroxyl groups is 2. The smallest absolute Gasteiger partial charge is 0.262 e. The van der Waals surface area contributed by atoms with Gasteiger partial charge in [-0.1, -0.05) is 43.6 Å². The predicted molar refractivity (Wildman–Crippen MR) is 144 cm³/mol. The molecule has 0 saturated heterocycles. The topological polar surface area (TPSA) is 145 Å². The van der Waals surface area contributed by atoms with Crippen molar-refractivity contribution in [1.29, 1.82) is 0 Å². The molecule has 0 spiro atoms. The van der Waals surface area contributed by atoms with Gasteiger partial charge in [0, 0.05) is 17.8 Å². The van der Waals surface area contributed by atoms with E-state index in [1.807, 2.05) is 38.1 Å². The molecule has 0 fully saturated rings. The molecule has 0 aliphatic carbocycles. The van der Waals surface area contributed by atoms with Crippen LogP contribution >= 0.6 is 22.9 Å². The van der Waals surface area contributed by atoms with Gasteiger partial charge in [0.25, 0.3) is 5.91 Å². The second-order valence-corrected chi connectivity index (χ2v) is 12.3. The molecule has 13 heteroatoms. The van der Waals surface area contributed by atoms with Crippen LogP contribution in [0.3, 0.4) is 0 Å². The van der Waals surface area contributed by atoms with E-state index < -0.39 is 59.0 Å². The van der Waals surface area contributed by atoms with Crippen LogP contribution in [-0.4, -0.2) is 61.8 Å². The van der Waals surface area contributed by atoms with Crippen molar-refractivity contribution in [2.45, 2.75) is 43.4 Å². The van der Waals surface area contributed by atoms with Gasteiger partial charge in [0.2, 0.25) is 15.9 Å². The molecule has 0 radical (unpaired) electrons. The van der Waals surface area contributed by atoms with Crippen LogP contribution in [0.15, 0.2) is 53.4 Å². The number of nitrogens with one attached hydrogen (secondary N) is 3. The average molecular weight is 586 g/mol. The number of thiophene rings is 1. The summed E-state index contributed by atoms with van der Waals surface area (Å²) in [4.78, 5) is 25.7. The molecule has 3 atom stereocenters. The number of amides is 2. The number of halogens is 2. The quantitative estimate of drug-likeness (QED) is 0.221. The van der Waals surface area contributed by atoms with Crippen LogP contribution in [0.2, 0.25) is 5.02 Å². The Bertz CT molecular complexity index is 1370. The minimum absolute atomic E-state index is 0.0664. The maximum absolute atomic E-state index is 13.2. The first kappa shape index (κ1) is 29.9. The Morgan fingerprint density at radius 1 is 1.05 bits per heavy atom. The van der Waals surface area contributed by atoms with E-state index in [4.69, 9.17) is 11.6 Å². The highest BCUT2D eigenvalue weighted by Gasteiger charge is 2.26. The average Bonchev–Trinajstić information content (AvgIpc) is 3.29. The number of rotatable bonds is 12. The molecule has 206 valence electrons. The van der Waals surface area contributed by atoms with Gasteiger partial charge in [-0.15, -0.1) is 11.3 Å². The zero-order valence-corrected chi connectivity index (χ0v) is 23.0. The summed E-state index contributed by atoms with van der Waals surface area (Å²) in [5.74, 6) is -1.60. The molecular formula is C25H29ClFN3O6S2. The third-order valence-corrected chi connectivity index (χ3v) is 8.60. The number of hydrogen-bond donors (Lipinski definition) is 5. The largest absolute Gasteiger partial charge is 0.389 e. The molecule has 2 aromatic carbocycles. The van der Waals surface area contributed by atoms with Gasteiger partial charge >= 0.3 is 0 Å². The van der Waals surface area contributed by atoms with Crippen LogP contribution in [0.4, 0.5) is 4.39 Å². The summed E-state index contributed by atoms with van der Waals surface area (Å²) in [7, 11) is -4.20. The van der Waals surface area contributed by atoms with E-state index in [2.05, 4.69) is 15.4 Å². The van der Waals surface area contributed by atoms with Gasteiger partial charge in [-0.3, -0.25) is 9.59 Å². The van der Waals surface area contributed by atoms with Gasteiger partial charge in [-0.25, -0.2) is 17.5 Å². The van der Waals surface area contributed by atoms with Crippen molar-refractivity contribution in [2.24, 2.45) is 5.92 Å². The first-order valence-electron chi connectivity index (χ1n) is 11.8. The molecular weight excluding hydrogens is 557 g/mol. The van der Waals surface area contributed by atoms with Crippen LogP contribution in [0.1, 0.15) is 29.9 Å². The number of fused-ring (bicyclic) bond motifs is 1. The third kappa shape index (κ3) is 7.95. The van der Waals surface area contributed by atoms with Gasteiger partial charge in [-0.2, -0.15) is 0 Å². The lowest BCUT2D eigenvalue weighted by Gasteiger charge is -2.23. The van der Waals surface area contributed by atoms with Crippen LogP contribution in [0.25, 0.3) is 10.1 Å². The monoisotopic (exact) mass is 585 g/mol. The number of hydrogen-bond acceptors (Lipinski definition) is 7. The molecule has 38 heavy (non-hydrogen) atoms. The highest BCUT2D eigenvalue weighted by molar-refractivity contribution is 7.89. The second kappa shape index (κ2) is 13.0.